The van der Waals surface area contributed by atoms with E-state index < -0.39 is 10.5 Å². The van der Waals surface area contributed by atoms with E-state index in [9.17, 15) is 13.2 Å². The van der Waals surface area contributed by atoms with E-state index in [1.807, 2.05) is 0 Å². The van der Waals surface area contributed by atoms with Crippen molar-refractivity contribution in [3.63, 3.8) is 0 Å². The third kappa shape index (κ3) is 9.34. The Morgan fingerprint density at radius 2 is 1.44 bits per heavy atom. The van der Waals surface area contributed by atoms with Gasteiger partial charge in [0, 0.05) is 0 Å². The summed E-state index contributed by atoms with van der Waals surface area (Å²) in [6.07, 6.45) is -4.32. The van der Waals surface area contributed by atoms with Crippen molar-refractivity contribution in [2.45, 2.75) is 10.5 Å². The lowest BCUT2D eigenvalue weighted by Crippen LogP contribution is -2.16. The Morgan fingerprint density at radius 1 is 1.33 bits per heavy atom. The first-order valence-electron chi connectivity index (χ1n) is 1.29. The van der Waals surface area contributed by atoms with Gasteiger partial charge in [0.15, 0.2) is 4.29 Å². The highest BCUT2D eigenvalue weighted by Crippen LogP contribution is 2.28. The maximum Gasteiger partial charge on any atom is 0.414 e. The molecule has 0 aromatic rings. The molecule has 0 N–H and O–H groups in total. The van der Waals surface area contributed by atoms with Crippen molar-refractivity contribution < 1.29 is 13.2 Å². The smallest absolute Gasteiger partial charge is 0.197 e. The third-order valence-corrected chi connectivity index (χ3v) is 1.01. The first kappa shape index (κ1) is 16.7. The summed E-state index contributed by atoms with van der Waals surface area (Å²) < 4.78 is 31.1. The molecule has 0 heterocycles. The monoisotopic (exact) mass is 264 g/mol. The summed E-state index contributed by atoms with van der Waals surface area (Å²) in [4.78, 5) is 0. The minimum Gasteiger partial charge on any atom is -0.197 e. The van der Waals surface area contributed by atoms with Crippen LogP contribution in [0.1, 0.15) is 0 Å². The van der Waals surface area contributed by atoms with Crippen molar-refractivity contribution in [3.8, 4) is 0 Å². The van der Waals surface area contributed by atoms with Crippen LogP contribution in [0.5, 0.6) is 0 Å². The molecule has 0 aliphatic heterocycles. The van der Waals surface area contributed by atoms with Crippen LogP contribution in [0.25, 0.3) is 0 Å². The van der Waals surface area contributed by atoms with Gasteiger partial charge in [0.25, 0.3) is 0 Å². The summed E-state index contributed by atoms with van der Waals surface area (Å²) in [5.74, 6) is 0. The SMILES string of the molecule is FC(F)(F)C(Cl)Br.P.S. The molecule has 0 fully saturated rings. The molecule has 7 heteroatoms. The summed E-state index contributed by atoms with van der Waals surface area (Å²) in [5.41, 5.74) is 0. The van der Waals surface area contributed by atoms with Gasteiger partial charge < -0.3 is 0 Å². The van der Waals surface area contributed by atoms with Gasteiger partial charge in [-0.1, -0.05) is 15.9 Å². The summed E-state index contributed by atoms with van der Waals surface area (Å²) in [7, 11) is 0. The van der Waals surface area contributed by atoms with Crippen molar-refractivity contribution >= 4 is 50.9 Å². The van der Waals surface area contributed by atoms with Gasteiger partial charge in [-0.3, -0.25) is 0 Å². The van der Waals surface area contributed by atoms with E-state index in [-0.39, 0.29) is 23.4 Å². The molecule has 0 amide bonds. The molecule has 0 aliphatic rings. The van der Waals surface area contributed by atoms with E-state index in [4.69, 9.17) is 0 Å². The molecular formula is C2H6BrClF3PS. The van der Waals surface area contributed by atoms with Gasteiger partial charge in [-0.25, -0.2) is 0 Å². The van der Waals surface area contributed by atoms with E-state index in [0.29, 0.717) is 0 Å². The Bertz CT molecular complexity index is 67.3. The highest BCUT2D eigenvalue weighted by atomic mass is 79.9. The van der Waals surface area contributed by atoms with Crippen LogP contribution in [0.4, 0.5) is 13.2 Å². The maximum absolute atomic E-state index is 11.0. The molecule has 0 nitrogen and oxygen atoms in total. The van der Waals surface area contributed by atoms with Gasteiger partial charge in [0.05, 0.1) is 0 Å². The summed E-state index contributed by atoms with van der Waals surface area (Å²) in [6.45, 7) is 0. The average molecular weight is 265 g/mol. The van der Waals surface area contributed by atoms with Gasteiger partial charge in [-0.05, 0) is 0 Å². The minimum absolute atomic E-state index is 0. The van der Waals surface area contributed by atoms with Gasteiger partial charge in [-0.2, -0.15) is 36.6 Å². The zero-order valence-electron chi connectivity index (χ0n) is 4.17. The molecule has 2 atom stereocenters. The van der Waals surface area contributed by atoms with Gasteiger partial charge in [0.1, 0.15) is 0 Å². The lowest BCUT2D eigenvalue weighted by molar-refractivity contribution is -0.112. The molecule has 0 aromatic heterocycles. The minimum atomic E-state index is -4.32. The molecule has 0 bridgehead atoms. The predicted molar refractivity (Wildman–Crippen MR) is 46.1 cm³/mol. The Morgan fingerprint density at radius 3 is 1.44 bits per heavy atom. The van der Waals surface area contributed by atoms with Crippen LogP contribution in [0, 0.1) is 0 Å². The largest absolute Gasteiger partial charge is 0.414 e. The molecular weight excluding hydrogens is 259 g/mol. The molecule has 0 aliphatic carbocycles. The number of rotatable bonds is 0. The quantitative estimate of drug-likeness (QED) is 0.467. The second-order valence-corrected chi connectivity index (χ2v) is 2.72. The fourth-order valence-corrected chi connectivity index (χ4v) is 0. The standard InChI is InChI=1S/C2HBrClF3.H3P.H2S/c3-1(4)2(5,6)7;;/h1H;1H3;1H2. The van der Waals surface area contributed by atoms with Crippen LogP contribution in [0.2, 0.25) is 0 Å². The van der Waals surface area contributed by atoms with Gasteiger partial charge in [-0.15, -0.1) is 11.6 Å². The van der Waals surface area contributed by atoms with Crippen molar-refractivity contribution in [3.05, 3.63) is 0 Å². The summed E-state index contributed by atoms with van der Waals surface area (Å²) >= 11 is 6.68. The fourth-order valence-electron chi connectivity index (χ4n) is 0. The van der Waals surface area contributed by atoms with Crippen LogP contribution in [-0.2, 0) is 0 Å². The number of alkyl halides is 5. The maximum atomic E-state index is 11.0. The molecule has 0 rings (SSSR count). The molecule has 9 heavy (non-hydrogen) atoms. The topological polar surface area (TPSA) is 0 Å². The highest BCUT2D eigenvalue weighted by Gasteiger charge is 2.35. The molecule has 0 radical (unpaired) electrons. The van der Waals surface area contributed by atoms with Crippen molar-refractivity contribution in [2.24, 2.45) is 0 Å². The van der Waals surface area contributed by atoms with Crippen LogP contribution >= 0.6 is 50.9 Å². The Balaban J connectivity index is -0.000000180. The molecule has 2 unspecified atom stereocenters. The normalized spacial score (nSPS) is 13.0. The third-order valence-electron chi connectivity index (χ3n) is 0.247. The Hall–Kier alpha value is 1.34. The first-order chi connectivity index (χ1) is 2.94. The lowest BCUT2D eigenvalue weighted by Gasteiger charge is -2.03. The first-order valence-corrected chi connectivity index (χ1v) is 2.64. The number of hydrogen-bond acceptors (Lipinski definition) is 0. The van der Waals surface area contributed by atoms with Crippen LogP contribution in [-0.4, -0.2) is 10.5 Å². The Kier molecular flexibility index (Phi) is 11.3. The van der Waals surface area contributed by atoms with E-state index in [2.05, 4.69) is 27.5 Å². The number of halogens is 5. The predicted octanol–water partition coefficient (Wildman–Crippen LogP) is 2.68. The number of hydrogen-bond donors (Lipinski definition) is 0. The van der Waals surface area contributed by atoms with E-state index >= 15 is 0 Å². The lowest BCUT2D eigenvalue weighted by atomic mass is 10.8. The van der Waals surface area contributed by atoms with Crippen LogP contribution < -0.4 is 0 Å². The van der Waals surface area contributed by atoms with Crippen molar-refractivity contribution in [1.82, 2.24) is 0 Å². The highest BCUT2D eigenvalue weighted by molar-refractivity contribution is 9.10. The zero-order valence-corrected chi connectivity index (χ0v) is 8.93. The molecule has 0 saturated carbocycles. The summed E-state index contributed by atoms with van der Waals surface area (Å²) in [5, 5.41) is 0. The molecule has 0 aromatic carbocycles. The molecule has 60 valence electrons. The van der Waals surface area contributed by atoms with Crippen molar-refractivity contribution in [2.75, 3.05) is 0 Å². The van der Waals surface area contributed by atoms with E-state index in [0.717, 1.165) is 0 Å². The molecule has 0 saturated heterocycles. The fraction of sp³-hybridized carbons (Fsp3) is 1.00. The van der Waals surface area contributed by atoms with E-state index in [1.54, 1.807) is 0 Å². The van der Waals surface area contributed by atoms with Crippen molar-refractivity contribution in [1.29, 1.82) is 0 Å². The summed E-state index contributed by atoms with van der Waals surface area (Å²) in [6, 6.07) is 0. The van der Waals surface area contributed by atoms with Gasteiger partial charge >= 0.3 is 6.18 Å². The second kappa shape index (κ2) is 6.08. The van der Waals surface area contributed by atoms with Crippen LogP contribution in [0.3, 0.4) is 0 Å². The van der Waals surface area contributed by atoms with E-state index in [1.165, 1.54) is 0 Å². The molecule has 0 spiro atoms. The second-order valence-electron chi connectivity index (χ2n) is 0.842. The average Bonchev–Trinajstić information content (AvgIpc) is 1.31. The zero-order chi connectivity index (χ0) is 6.08. The van der Waals surface area contributed by atoms with Crippen LogP contribution in [0.15, 0.2) is 0 Å². The van der Waals surface area contributed by atoms with Gasteiger partial charge in [0.2, 0.25) is 0 Å². The Labute approximate surface area is 74.7 Å².